The molecule has 3 heteroatoms. The number of para-hydroxylation sites is 1. The van der Waals surface area contributed by atoms with E-state index in [-0.39, 0.29) is 6.03 Å². The van der Waals surface area contributed by atoms with Crippen LogP contribution in [0.1, 0.15) is 61.8 Å². The van der Waals surface area contributed by atoms with Gasteiger partial charge in [-0.05, 0) is 34.1 Å². The number of anilines is 1. The molecule has 0 fully saturated rings. The van der Waals surface area contributed by atoms with Crippen LogP contribution in [0.3, 0.4) is 0 Å². The van der Waals surface area contributed by atoms with Crippen molar-refractivity contribution in [2.45, 2.75) is 52.6 Å². The highest BCUT2D eigenvalue weighted by Gasteiger charge is 2.20. The quantitative estimate of drug-likeness (QED) is 0.448. The molecule has 3 rings (SSSR count). The molecule has 0 heterocycles. The van der Waals surface area contributed by atoms with Crippen LogP contribution in [0.25, 0.3) is 0 Å². The lowest BCUT2D eigenvalue weighted by Crippen LogP contribution is -2.34. The topological polar surface area (TPSA) is 32.3 Å². The first-order valence-corrected chi connectivity index (χ1v) is 10.7. The number of benzene rings is 3. The molecule has 156 valence electrons. The van der Waals surface area contributed by atoms with Gasteiger partial charge in [0.05, 0.1) is 0 Å². The summed E-state index contributed by atoms with van der Waals surface area (Å²) in [5.74, 6) is 0.659. The summed E-state index contributed by atoms with van der Waals surface area (Å²) in [4.78, 5) is 15.4. The first-order valence-electron chi connectivity index (χ1n) is 10.7. The highest BCUT2D eigenvalue weighted by molar-refractivity contribution is 5.91. The number of carbonyl (C=O) groups excluding carboxylic acids is 1. The molecule has 30 heavy (non-hydrogen) atoms. The predicted molar refractivity (Wildman–Crippen MR) is 126 cm³/mol. The average Bonchev–Trinajstić information content (AvgIpc) is 2.74. The zero-order chi connectivity index (χ0) is 21.5. The monoisotopic (exact) mass is 400 g/mol. The summed E-state index contributed by atoms with van der Waals surface area (Å²) in [7, 11) is 0. The molecule has 3 aromatic rings. The lowest BCUT2D eigenvalue weighted by molar-refractivity contribution is 0.206. The van der Waals surface area contributed by atoms with Crippen molar-refractivity contribution in [3.05, 3.63) is 101 Å². The molecule has 0 aliphatic heterocycles. The van der Waals surface area contributed by atoms with Crippen molar-refractivity contribution in [3.8, 4) is 0 Å². The Morgan fingerprint density at radius 2 is 1.13 bits per heavy atom. The SMILES string of the molecule is CC(C)c1cccc(C(C)C)c1NC(=O)N(Cc1ccccc1)Cc1ccccc1. The molecule has 3 aromatic carbocycles. The first kappa shape index (κ1) is 21.6. The Hall–Kier alpha value is -3.07. The normalized spacial score (nSPS) is 11.0. The van der Waals surface area contributed by atoms with Crippen LogP contribution in [0.4, 0.5) is 10.5 Å². The molecule has 0 saturated carbocycles. The summed E-state index contributed by atoms with van der Waals surface area (Å²) in [6.45, 7) is 9.79. The van der Waals surface area contributed by atoms with Crippen molar-refractivity contribution in [1.82, 2.24) is 4.90 Å². The van der Waals surface area contributed by atoms with Crippen LogP contribution in [0, 0.1) is 0 Å². The summed E-state index contributed by atoms with van der Waals surface area (Å²) in [6, 6.07) is 26.5. The van der Waals surface area contributed by atoms with Gasteiger partial charge in [-0.2, -0.15) is 0 Å². The van der Waals surface area contributed by atoms with Crippen molar-refractivity contribution in [2.24, 2.45) is 0 Å². The van der Waals surface area contributed by atoms with E-state index in [2.05, 4.69) is 75.5 Å². The fourth-order valence-corrected chi connectivity index (χ4v) is 3.69. The molecule has 0 spiro atoms. The largest absolute Gasteiger partial charge is 0.322 e. The maximum absolute atomic E-state index is 13.5. The van der Waals surface area contributed by atoms with Crippen molar-refractivity contribution in [2.75, 3.05) is 5.32 Å². The summed E-state index contributed by atoms with van der Waals surface area (Å²) in [5.41, 5.74) is 5.54. The van der Waals surface area contributed by atoms with E-state index in [0.717, 1.165) is 16.8 Å². The summed E-state index contributed by atoms with van der Waals surface area (Å²) in [6.07, 6.45) is 0. The molecule has 3 nitrogen and oxygen atoms in total. The summed E-state index contributed by atoms with van der Waals surface area (Å²) in [5, 5.41) is 3.27. The molecule has 2 amide bonds. The van der Waals surface area contributed by atoms with Gasteiger partial charge >= 0.3 is 6.03 Å². The van der Waals surface area contributed by atoms with Gasteiger partial charge in [0, 0.05) is 18.8 Å². The van der Waals surface area contributed by atoms with Crippen LogP contribution in [0.5, 0.6) is 0 Å². The Balaban J connectivity index is 1.91. The molecule has 0 unspecified atom stereocenters. The van der Waals surface area contributed by atoms with E-state index in [1.165, 1.54) is 11.1 Å². The van der Waals surface area contributed by atoms with Crippen molar-refractivity contribution in [3.63, 3.8) is 0 Å². The molecule has 0 saturated heterocycles. The summed E-state index contributed by atoms with van der Waals surface area (Å²) >= 11 is 0. The van der Waals surface area contributed by atoms with Crippen molar-refractivity contribution >= 4 is 11.7 Å². The highest BCUT2D eigenvalue weighted by atomic mass is 16.2. The van der Waals surface area contributed by atoms with Crippen molar-refractivity contribution in [1.29, 1.82) is 0 Å². The second-order valence-electron chi connectivity index (χ2n) is 8.38. The Morgan fingerprint density at radius 3 is 1.53 bits per heavy atom. The van der Waals surface area contributed by atoms with Gasteiger partial charge in [-0.1, -0.05) is 107 Å². The number of hydrogen-bond acceptors (Lipinski definition) is 1. The Kier molecular flexibility index (Phi) is 7.29. The van der Waals surface area contributed by atoms with E-state index in [9.17, 15) is 4.79 Å². The van der Waals surface area contributed by atoms with Gasteiger partial charge < -0.3 is 10.2 Å². The van der Waals surface area contributed by atoms with Gasteiger partial charge in [-0.15, -0.1) is 0 Å². The standard InChI is InChI=1S/C27H32N2O/c1-20(2)24-16-11-17-25(21(3)4)26(24)28-27(30)29(18-22-12-7-5-8-13-22)19-23-14-9-6-10-15-23/h5-17,20-21H,18-19H2,1-4H3,(H,28,30). The number of amides is 2. The van der Waals surface area contributed by atoms with E-state index in [0.29, 0.717) is 24.9 Å². The predicted octanol–water partition coefficient (Wildman–Crippen LogP) is 7.17. The van der Waals surface area contributed by atoms with Crippen LogP contribution >= 0.6 is 0 Å². The molecular formula is C27H32N2O. The molecule has 0 bridgehead atoms. The van der Waals surface area contributed by atoms with E-state index in [4.69, 9.17) is 0 Å². The summed E-state index contributed by atoms with van der Waals surface area (Å²) < 4.78 is 0. The molecule has 0 atom stereocenters. The van der Waals surface area contributed by atoms with E-state index >= 15 is 0 Å². The first-order chi connectivity index (χ1) is 14.5. The molecule has 0 aromatic heterocycles. The highest BCUT2D eigenvalue weighted by Crippen LogP contribution is 2.32. The number of hydrogen-bond donors (Lipinski definition) is 1. The van der Waals surface area contributed by atoms with E-state index in [1.807, 2.05) is 41.3 Å². The second-order valence-corrected chi connectivity index (χ2v) is 8.38. The molecule has 0 aliphatic carbocycles. The third-order valence-electron chi connectivity index (χ3n) is 5.32. The molecule has 0 radical (unpaired) electrons. The van der Waals surface area contributed by atoms with Gasteiger partial charge in [-0.3, -0.25) is 0 Å². The number of nitrogens with one attached hydrogen (secondary N) is 1. The zero-order valence-electron chi connectivity index (χ0n) is 18.4. The Labute approximate surface area is 180 Å². The van der Waals surface area contributed by atoms with Gasteiger partial charge in [0.15, 0.2) is 0 Å². The minimum atomic E-state index is -0.0716. The number of carbonyl (C=O) groups is 1. The lowest BCUT2D eigenvalue weighted by Gasteiger charge is -2.26. The van der Waals surface area contributed by atoms with Gasteiger partial charge in [0.2, 0.25) is 0 Å². The number of rotatable bonds is 7. The third-order valence-corrected chi connectivity index (χ3v) is 5.32. The van der Waals surface area contributed by atoms with Gasteiger partial charge in [-0.25, -0.2) is 4.79 Å². The maximum atomic E-state index is 13.5. The Morgan fingerprint density at radius 1 is 0.700 bits per heavy atom. The third kappa shape index (κ3) is 5.50. The Bertz CT molecular complexity index is 881. The lowest BCUT2D eigenvalue weighted by atomic mass is 9.93. The maximum Gasteiger partial charge on any atom is 0.322 e. The van der Waals surface area contributed by atoms with Crippen LogP contribution in [-0.4, -0.2) is 10.9 Å². The average molecular weight is 401 g/mol. The smallest absolute Gasteiger partial charge is 0.316 e. The minimum absolute atomic E-state index is 0.0716. The molecule has 1 N–H and O–H groups in total. The van der Waals surface area contributed by atoms with Crippen LogP contribution in [0.2, 0.25) is 0 Å². The van der Waals surface area contributed by atoms with Crippen LogP contribution < -0.4 is 5.32 Å². The van der Waals surface area contributed by atoms with Gasteiger partial charge in [0.25, 0.3) is 0 Å². The minimum Gasteiger partial charge on any atom is -0.316 e. The van der Waals surface area contributed by atoms with Crippen LogP contribution in [0.15, 0.2) is 78.9 Å². The number of urea groups is 1. The molecular weight excluding hydrogens is 368 g/mol. The fourth-order valence-electron chi connectivity index (χ4n) is 3.69. The fraction of sp³-hybridized carbons (Fsp3) is 0.296. The van der Waals surface area contributed by atoms with E-state index in [1.54, 1.807) is 0 Å². The van der Waals surface area contributed by atoms with Gasteiger partial charge in [0.1, 0.15) is 0 Å². The number of nitrogens with zero attached hydrogens (tertiary/aromatic N) is 1. The van der Waals surface area contributed by atoms with Crippen LogP contribution in [-0.2, 0) is 13.1 Å². The second kappa shape index (κ2) is 10.1. The van der Waals surface area contributed by atoms with E-state index < -0.39 is 0 Å². The zero-order valence-corrected chi connectivity index (χ0v) is 18.4. The molecule has 0 aliphatic rings. The van der Waals surface area contributed by atoms with Crippen molar-refractivity contribution < 1.29 is 4.79 Å².